The molecule has 1 saturated heterocycles. The van der Waals surface area contributed by atoms with E-state index >= 15 is 0 Å². The zero-order valence-electron chi connectivity index (χ0n) is 14.9. The van der Waals surface area contributed by atoms with Gasteiger partial charge < -0.3 is 15.0 Å². The fourth-order valence-corrected chi connectivity index (χ4v) is 2.97. The van der Waals surface area contributed by atoms with E-state index in [0.29, 0.717) is 30.8 Å². The minimum absolute atomic E-state index is 0.0187. The van der Waals surface area contributed by atoms with E-state index in [2.05, 4.69) is 5.32 Å². The first-order valence-corrected chi connectivity index (χ1v) is 8.65. The zero-order valence-corrected chi connectivity index (χ0v) is 14.9. The molecule has 1 atom stereocenters. The first-order chi connectivity index (χ1) is 13.0. The van der Waals surface area contributed by atoms with Gasteiger partial charge in [-0.3, -0.25) is 9.59 Å². The van der Waals surface area contributed by atoms with Crippen molar-refractivity contribution in [3.05, 3.63) is 59.7 Å². The molecule has 0 radical (unpaired) electrons. The number of amides is 2. The van der Waals surface area contributed by atoms with Crippen molar-refractivity contribution in [2.75, 3.05) is 26.2 Å². The summed E-state index contributed by atoms with van der Waals surface area (Å²) in [7, 11) is 0. The number of nitrogens with one attached hydrogen (secondary N) is 1. The third-order valence-corrected chi connectivity index (χ3v) is 4.48. The molecule has 0 aliphatic carbocycles. The predicted octanol–water partition coefficient (Wildman–Crippen LogP) is 2.61. The largest absolute Gasteiger partial charge is 0.373 e. The molecule has 1 aliphatic heterocycles. The van der Waals surface area contributed by atoms with Crippen LogP contribution in [0.15, 0.2) is 42.5 Å². The van der Waals surface area contributed by atoms with Crippen molar-refractivity contribution in [2.24, 2.45) is 0 Å². The molecule has 2 amide bonds. The molecular formula is C20H20F2N2O3. The summed E-state index contributed by atoms with van der Waals surface area (Å²) < 4.78 is 32.8. The van der Waals surface area contributed by atoms with Crippen LogP contribution < -0.4 is 5.32 Å². The lowest BCUT2D eigenvalue weighted by Gasteiger charge is -2.32. The highest BCUT2D eigenvalue weighted by atomic mass is 19.2. The molecule has 3 rings (SSSR count). The molecule has 0 saturated carbocycles. The third-order valence-electron chi connectivity index (χ3n) is 4.48. The van der Waals surface area contributed by atoms with Gasteiger partial charge >= 0.3 is 0 Å². The van der Waals surface area contributed by atoms with Crippen molar-refractivity contribution in [1.82, 2.24) is 10.2 Å². The summed E-state index contributed by atoms with van der Waals surface area (Å²) in [6.45, 7) is 3.21. The van der Waals surface area contributed by atoms with E-state index in [1.807, 2.05) is 0 Å². The fourth-order valence-electron chi connectivity index (χ4n) is 2.97. The van der Waals surface area contributed by atoms with Crippen molar-refractivity contribution in [3.8, 4) is 11.1 Å². The van der Waals surface area contributed by atoms with Crippen LogP contribution in [0.1, 0.15) is 17.3 Å². The summed E-state index contributed by atoms with van der Waals surface area (Å²) in [4.78, 5) is 25.4. The van der Waals surface area contributed by atoms with Crippen LogP contribution in [-0.2, 0) is 9.53 Å². The zero-order chi connectivity index (χ0) is 19.4. The average molecular weight is 374 g/mol. The van der Waals surface area contributed by atoms with Crippen LogP contribution in [0.25, 0.3) is 11.1 Å². The summed E-state index contributed by atoms with van der Waals surface area (Å²) >= 11 is 0. The second-order valence-corrected chi connectivity index (χ2v) is 6.35. The summed E-state index contributed by atoms with van der Waals surface area (Å²) in [6.07, 6.45) is -0.257. The van der Waals surface area contributed by atoms with Gasteiger partial charge in [0, 0.05) is 37.7 Å². The normalized spacial score (nSPS) is 16.9. The van der Waals surface area contributed by atoms with Gasteiger partial charge in [-0.2, -0.15) is 0 Å². The number of hydrogen-bond acceptors (Lipinski definition) is 3. The fraction of sp³-hybridized carbons (Fsp3) is 0.300. The maximum atomic E-state index is 13.9. The maximum absolute atomic E-state index is 13.9. The Morgan fingerprint density at radius 3 is 2.63 bits per heavy atom. The monoisotopic (exact) mass is 374 g/mol. The SMILES string of the molecule is CC(=O)N1CCO[C@@H](CNC(=O)c2ccc(-c3cccc(F)c3F)cc2)C1. The van der Waals surface area contributed by atoms with Gasteiger partial charge in [0.2, 0.25) is 5.91 Å². The standard InChI is InChI=1S/C20H20F2N2O3/c1-13(25)24-9-10-27-16(12-24)11-23-20(26)15-7-5-14(6-8-15)17-3-2-4-18(21)19(17)22/h2-8,16H,9-12H2,1H3,(H,23,26)/t16-/m0/s1. The quantitative estimate of drug-likeness (QED) is 0.895. The lowest BCUT2D eigenvalue weighted by molar-refractivity contribution is -0.136. The molecule has 0 spiro atoms. The lowest BCUT2D eigenvalue weighted by atomic mass is 10.0. The summed E-state index contributed by atoms with van der Waals surface area (Å²) in [5, 5.41) is 2.77. The van der Waals surface area contributed by atoms with E-state index in [0.717, 1.165) is 6.07 Å². The molecule has 7 heteroatoms. The van der Waals surface area contributed by atoms with Gasteiger partial charge in [0.25, 0.3) is 5.91 Å². The highest BCUT2D eigenvalue weighted by molar-refractivity contribution is 5.94. The topological polar surface area (TPSA) is 58.6 Å². The van der Waals surface area contributed by atoms with Crippen LogP contribution in [-0.4, -0.2) is 49.1 Å². The van der Waals surface area contributed by atoms with E-state index in [4.69, 9.17) is 4.74 Å². The van der Waals surface area contributed by atoms with E-state index in [1.165, 1.54) is 19.1 Å². The highest BCUT2D eigenvalue weighted by Gasteiger charge is 2.22. The van der Waals surface area contributed by atoms with Gasteiger partial charge in [0.05, 0.1) is 12.7 Å². The van der Waals surface area contributed by atoms with E-state index in [-0.39, 0.29) is 30.0 Å². The first kappa shape index (κ1) is 19.0. The maximum Gasteiger partial charge on any atom is 0.251 e. The molecule has 1 N–H and O–H groups in total. The third kappa shape index (κ3) is 4.49. The van der Waals surface area contributed by atoms with E-state index in [9.17, 15) is 18.4 Å². The summed E-state index contributed by atoms with van der Waals surface area (Å²) in [5.41, 5.74) is 1.02. The average Bonchev–Trinajstić information content (AvgIpc) is 2.68. The van der Waals surface area contributed by atoms with Gasteiger partial charge in [-0.15, -0.1) is 0 Å². The number of halogens is 2. The molecule has 1 aliphatic rings. The van der Waals surface area contributed by atoms with Crippen molar-refractivity contribution in [2.45, 2.75) is 13.0 Å². The number of carbonyl (C=O) groups excluding carboxylic acids is 2. The number of rotatable bonds is 4. The van der Waals surface area contributed by atoms with Gasteiger partial charge in [0.1, 0.15) is 0 Å². The molecule has 5 nitrogen and oxygen atoms in total. The smallest absolute Gasteiger partial charge is 0.251 e. The van der Waals surface area contributed by atoms with Gasteiger partial charge in [-0.05, 0) is 23.8 Å². The number of hydrogen-bond donors (Lipinski definition) is 1. The molecular weight excluding hydrogens is 354 g/mol. The van der Waals surface area contributed by atoms with Gasteiger partial charge in [-0.25, -0.2) is 8.78 Å². The Morgan fingerprint density at radius 1 is 1.19 bits per heavy atom. The molecule has 142 valence electrons. The molecule has 0 aromatic heterocycles. The Balaban J connectivity index is 1.61. The number of nitrogens with zero attached hydrogens (tertiary/aromatic N) is 1. The van der Waals surface area contributed by atoms with Crippen molar-refractivity contribution in [3.63, 3.8) is 0 Å². The minimum atomic E-state index is -0.917. The lowest BCUT2D eigenvalue weighted by Crippen LogP contribution is -2.49. The minimum Gasteiger partial charge on any atom is -0.373 e. The number of carbonyl (C=O) groups is 2. The Kier molecular flexibility index (Phi) is 5.81. The van der Waals surface area contributed by atoms with Gasteiger partial charge in [0.15, 0.2) is 11.6 Å². The second-order valence-electron chi connectivity index (χ2n) is 6.35. The van der Waals surface area contributed by atoms with E-state index < -0.39 is 11.6 Å². The number of morpholine rings is 1. The Hall–Kier alpha value is -2.80. The summed E-state index contributed by atoms with van der Waals surface area (Å²) in [5.74, 6) is -2.15. The van der Waals surface area contributed by atoms with Crippen LogP contribution in [0, 0.1) is 11.6 Å². The van der Waals surface area contributed by atoms with Crippen LogP contribution in [0.3, 0.4) is 0 Å². The number of benzene rings is 2. The van der Waals surface area contributed by atoms with Crippen LogP contribution in [0.5, 0.6) is 0 Å². The van der Waals surface area contributed by atoms with Crippen LogP contribution in [0.4, 0.5) is 8.78 Å². The second kappa shape index (κ2) is 8.26. The van der Waals surface area contributed by atoms with E-state index in [1.54, 1.807) is 29.2 Å². The first-order valence-electron chi connectivity index (χ1n) is 8.65. The molecule has 0 unspecified atom stereocenters. The highest BCUT2D eigenvalue weighted by Crippen LogP contribution is 2.24. The molecule has 2 aromatic rings. The van der Waals surface area contributed by atoms with Crippen molar-refractivity contribution < 1.29 is 23.1 Å². The number of ether oxygens (including phenoxy) is 1. The predicted molar refractivity (Wildman–Crippen MR) is 96.1 cm³/mol. The van der Waals surface area contributed by atoms with Gasteiger partial charge in [-0.1, -0.05) is 24.3 Å². The molecule has 27 heavy (non-hydrogen) atoms. The van der Waals surface area contributed by atoms with Crippen molar-refractivity contribution in [1.29, 1.82) is 0 Å². The van der Waals surface area contributed by atoms with Crippen LogP contribution >= 0.6 is 0 Å². The Labute approximate surface area is 155 Å². The molecule has 1 heterocycles. The molecule has 0 bridgehead atoms. The van der Waals surface area contributed by atoms with Crippen molar-refractivity contribution >= 4 is 11.8 Å². The Bertz CT molecular complexity index is 840. The Morgan fingerprint density at radius 2 is 1.93 bits per heavy atom. The summed E-state index contributed by atoms with van der Waals surface area (Å²) in [6, 6.07) is 10.2. The molecule has 2 aromatic carbocycles. The van der Waals surface area contributed by atoms with Crippen LogP contribution in [0.2, 0.25) is 0 Å². The molecule has 1 fully saturated rings.